The Hall–Kier alpha value is -2.29. The fraction of sp³-hybridized carbons (Fsp3) is 0.519. The van der Waals surface area contributed by atoms with Gasteiger partial charge in [-0.3, -0.25) is 4.79 Å². The van der Waals surface area contributed by atoms with Crippen LogP contribution in [0.25, 0.3) is 0 Å². The molecule has 3 nitrogen and oxygen atoms in total. The van der Waals surface area contributed by atoms with Gasteiger partial charge >= 0.3 is 0 Å². The monoisotopic (exact) mass is 406 g/mol. The van der Waals surface area contributed by atoms with Crippen molar-refractivity contribution in [1.29, 1.82) is 0 Å². The molecule has 3 rings (SSSR count). The Balaban J connectivity index is 1.80. The lowest BCUT2D eigenvalue weighted by Gasteiger charge is -2.34. The standard InChI is InChI=1S/C27H38N2O/c1-3-4-5-10-18-25(28-26(30)21-23-15-8-6-9-16-23)24-17-13-14-22(2)27(24)29-19-11-7-12-20-29/h6,8-9,13-17,25H,3-5,7,10-12,18-21H2,1-2H3,(H,28,30). The molecule has 1 saturated heterocycles. The predicted octanol–water partition coefficient (Wildman–Crippen LogP) is 6.36. The number of hydrogen-bond donors (Lipinski definition) is 1. The topological polar surface area (TPSA) is 32.3 Å². The summed E-state index contributed by atoms with van der Waals surface area (Å²) in [7, 11) is 0. The molecule has 1 aliphatic rings. The molecule has 0 aromatic heterocycles. The van der Waals surface area contributed by atoms with Crippen LogP contribution in [0.15, 0.2) is 48.5 Å². The van der Waals surface area contributed by atoms with Crippen molar-refractivity contribution in [3.05, 3.63) is 65.2 Å². The van der Waals surface area contributed by atoms with Crippen LogP contribution in [0.2, 0.25) is 0 Å². The van der Waals surface area contributed by atoms with Crippen LogP contribution in [0, 0.1) is 6.92 Å². The minimum atomic E-state index is 0.0786. The number of benzene rings is 2. The van der Waals surface area contributed by atoms with Crippen molar-refractivity contribution in [2.24, 2.45) is 0 Å². The predicted molar refractivity (Wildman–Crippen MR) is 127 cm³/mol. The minimum Gasteiger partial charge on any atom is -0.371 e. The first-order chi connectivity index (χ1) is 14.7. The molecule has 30 heavy (non-hydrogen) atoms. The Kier molecular flexibility index (Phi) is 8.80. The van der Waals surface area contributed by atoms with Crippen molar-refractivity contribution >= 4 is 11.6 Å². The van der Waals surface area contributed by atoms with E-state index in [0.29, 0.717) is 6.42 Å². The Bertz CT molecular complexity index is 781. The lowest BCUT2D eigenvalue weighted by Crippen LogP contribution is -2.34. The second-order valence-electron chi connectivity index (χ2n) is 8.69. The summed E-state index contributed by atoms with van der Waals surface area (Å²) in [5.41, 5.74) is 5.05. The van der Waals surface area contributed by atoms with E-state index in [2.05, 4.69) is 42.3 Å². The summed E-state index contributed by atoms with van der Waals surface area (Å²) in [4.78, 5) is 15.5. The van der Waals surface area contributed by atoms with Crippen LogP contribution < -0.4 is 10.2 Å². The maximum absolute atomic E-state index is 12.9. The number of anilines is 1. The fourth-order valence-corrected chi connectivity index (χ4v) is 4.62. The number of piperidine rings is 1. The van der Waals surface area contributed by atoms with Crippen molar-refractivity contribution in [2.45, 2.75) is 77.7 Å². The molecule has 1 N–H and O–H groups in total. The molecule has 162 valence electrons. The average molecular weight is 407 g/mol. The molecule has 0 radical (unpaired) electrons. The van der Waals surface area contributed by atoms with Crippen molar-refractivity contribution < 1.29 is 4.79 Å². The summed E-state index contributed by atoms with van der Waals surface area (Å²) in [6, 6.07) is 16.7. The molecule has 2 aromatic rings. The van der Waals surface area contributed by atoms with Crippen molar-refractivity contribution in [1.82, 2.24) is 5.32 Å². The molecule has 1 amide bonds. The number of carbonyl (C=O) groups excluding carboxylic acids is 1. The van der Waals surface area contributed by atoms with E-state index in [1.807, 2.05) is 30.3 Å². The van der Waals surface area contributed by atoms with Gasteiger partial charge < -0.3 is 10.2 Å². The minimum absolute atomic E-state index is 0.0786. The maximum Gasteiger partial charge on any atom is 0.224 e. The number of rotatable bonds is 10. The molecule has 3 heteroatoms. The van der Waals surface area contributed by atoms with E-state index in [1.54, 1.807) is 0 Å². The number of nitrogens with zero attached hydrogens (tertiary/aromatic N) is 1. The molecule has 0 bridgehead atoms. The second kappa shape index (κ2) is 11.8. The number of unbranched alkanes of at least 4 members (excludes halogenated alkanes) is 3. The highest BCUT2D eigenvalue weighted by molar-refractivity contribution is 5.79. The highest BCUT2D eigenvalue weighted by Gasteiger charge is 2.23. The summed E-state index contributed by atoms with van der Waals surface area (Å²) in [5.74, 6) is 0.118. The Labute approximate surface area is 182 Å². The number of carbonyl (C=O) groups is 1. The number of nitrogens with one attached hydrogen (secondary N) is 1. The van der Waals surface area contributed by atoms with Gasteiger partial charge in [-0.15, -0.1) is 0 Å². The van der Waals surface area contributed by atoms with Crippen LogP contribution in [0.3, 0.4) is 0 Å². The number of amides is 1. The zero-order valence-corrected chi connectivity index (χ0v) is 18.8. The van der Waals surface area contributed by atoms with Crippen LogP contribution in [0.5, 0.6) is 0 Å². The van der Waals surface area contributed by atoms with E-state index in [9.17, 15) is 4.79 Å². The number of para-hydroxylation sites is 1. The highest BCUT2D eigenvalue weighted by atomic mass is 16.1. The zero-order chi connectivity index (χ0) is 21.2. The molecular formula is C27H38N2O. The van der Waals surface area contributed by atoms with E-state index >= 15 is 0 Å². The Morgan fingerprint density at radius 1 is 0.967 bits per heavy atom. The third kappa shape index (κ3) is 6.35. The van der Waals surface area contributed by atoms with E-state index in [4.69, 9.17) is 0 Å². The van der Waals surface area contributed by atoms with E-state index in [0.717, 1.165) is 31.5 Å². The first kappa shape index (κ1) is 22.4. The molecule has 1 heterocycles. The first-order valence-electron chi connectivity index (χ1n) is 11.9. The van der Waals surface area contributed by atoms with Crippen LogP contribution in [0.4, 0.5) is 5.69 Å². The van der Waals surface area contributed by atoms with Crippen LogP contribution in [-0.2, 0) is 11.2 Å². The number of aryl methyl sites for hydroxylation is 1. The van der Waals surface area contributed by atoms with Crippen LogP contribution >= 0.6 is 0 Å². The largest absolute Gasteiger partial charge is 0.371 e. The lowest BCUT2D eigenvalue weighted by atomic mass is 9.94. The van der Waals surface area contributed by atoms with Gasteiger partial charge in [-0.1, -0.05) is 81.1 Å². The van der Waals surface area contributed by atoms with Gasteiger partial charge in [-0.25, -0.2) is 0 Å². The summed E-state index contributed by atoms with van der Waals surface area (Å²) >= 11 is 0. The summed E-state index contributed by atoms with van der Waals surface area (Å²) in [6.45, 7) is 6.71. The van der Waals surface area contributed by atoms with Gasteiger partial charge in [0.05, 0.1) is 12.5 Å². The second-order valence-corrected chi connectivity index (χ2v) is 8.69. The lowest BCUT2D eigenvalue weighted by molar-refractivity contribution is -0.121. The van der Waals surface area contributed by atoms with Gasteiger partial charge in [0.2, 0.25) is 5.91 Å². The normalized spacial score (nSPS) is 15.1. The number of hydrogen-bond acceptors (Lipinski definition) is 2. The SMILES string of the molecule is CCCCCCC(NC(=O)Cc1ccccc1)c1cccc(C)c1N1CCCCC1. The zero-order valence-electron chi connectivity index (χ0n) is 18.8. The van der Waals surface area contributed by atoms with Gasteiger partial charge in [0.25, 0.3) is 0 Å². The van der Waals surface area contributed by atoms with E-state index < -0.39 is 0 Å². The highest BCUT2D eigenvalue weighted by Crippen LogP contribution is 2.34. The summed E-state index contributed by atoms with van der Waals surface area (Å²) in [6.07, 6.45) is 10.2. The fourth-order valence-electron chi connectivity index (χ4n) is 4.62. The Morgan fingerprint density at radius 2 is 1.73 bits per heavy atom. The third-order valence-electron chi connectivity index (χ3n) is 6.21. The molecule has 0 aliphatic carbocycles. The summed E-state index contributed by atoms with van der Waals surface area (Å²) < 4.78 is 0. The molecule has 2 aromatic carbocycles. The quantitative estimate of drug-likeness (QED) is 0.466. The average Bonchev–Trinajstić information content (AvgIpc) is 2.77. The molecule has 1 aliphatic heterocycles. The van der Waals surface area contributed by atoms with Gasteiger partial charge in [-0.2, -0.15) is 0 Å². The van der Waals surface area contributed by atoms with Crippen LogP contribution in [-0.4, -0.2) is 19.0 Å². The van der Waals surface area contributed by atoms with Gasteiger partial charge in [0, 0.05) is 18.8 Å². The molecule has 0 spiro atoms. The molecule has 1 fully saturated rings. The molecule has 1 atom stereocenters. The summed E-state index contributed by atoms with van der Waals surface area (Å²) in [5, 5.41) is 3.40. The molecule has 1 unspecified atom stereocenters. The Morgan fingerprint density at radius 3 is 2.47 bits per heavy atom. The van der Waals surface area contributed by atoms with Gasteiger partial charge in [0.1, 0.15) is 0 Å². The van der Waals surface area contributed by atoms with Crippen LogP contribution in [0.1, 0.15) is 81.0 Å². The van der Waals surface area contributed by atoms with Crippen molar-refractivity contribution in [3.8, 4) is 0 Å². The third-order valence-corrected chi connectivity index (χ3v) is 6.21. The smallest absolute Gasteiger partial charge is 0.224 e. The van der Waals surface area contributed by atoms with E-state index in [1.165, 1.54) is 55.3 Å². The molecule has 0 saturated carbocycles. The maximum atomic E-state index is 12.9. The van der Waals surface area contributed by atoms with Crippen molar-refractivity contribution in [2.75, 3.05) is 18.0 Å². The first-order valence-corrected chi connectivity index (χ1v) is 11.9. The van der Waals surface area contributed by atoms with Gasteiger partial charge in [0.15, 0.2) is 0 Å². The molecular weight excluding hydrogens is 368 g/mol. The van der Waals surface area contributed by atoms with Crippen molar-refractivity contribution in [3.63, 3.8) is 0 Å². The van der Waals surface area contributed by atoms with Gasteiger partial charge in [-0.05, 0) is 49.3 Å². The van der Waals surface area contributed by atoms with E-state index in [-0.39, 0.29) is 11.9 Å².